The summed E-state index contributed by atoms with van der Waals surface area (Å²) in [7, 11) is 4.70. The number of benzene rings is 2. The van der Waals surface area contributed by atoms with Crippen molar-refractivity contribution in [1.29, 1.82) is 0 Å². The van der Waals surface area contributed by atoms with Crippen molar-refractivity contribution >= 4 is 39.2 Å². The molecule has 0 aliphatic rings. The SMILES string of the molecule is COc1ccc2sc(=NC(=O)c3cccc(OC)c3OC)n(CCSC)c2c1. The monoisotopic (exact) mass is 418 g/mol. The van der Waals surface area contributed by atoms with E-state index in [0.717, 1.165) is 28.3 Å². The molecule has 8 heteroatoms. The van der Waals surface area contributed by atoms with Crippen LogP contribution in [0.25, 0.3) is 10.2 Å². The lowest BCUT2D eigenvalue weighted by Gasteiger charge is -2.10. The predicted octanol–water partition coefficient (Wildman–Crippen LogP) is 3.83. The Bertz CT molecular complexity index is 1060. The molecule has 0 atom stereocenters. The summed E-state index contributed by atoms with van der Waals surface area (Å²) >= 11 is 3.22. The fourth-order valence-electron chi connectivity index (χ4n) is 2.86. The molecule has 148 valence electrons. The average Bonchev–Trinajstić information content (AvgIpc) is 3.07. The van der Waals surface area contributed by atoms with E-state index < -0.39 is 0 Å². The zero-order valence-electron chi connectivity index (χ0n) is 16.2. The number of rotatable bonds is 7. The summed E-state index contributed by atoms with van der Waals surface area (Å²) in [5.74, 6) is 2.20. The molecule has 2 aromatic carbocycles. The smallest absolute Gasteiger partial charge is 0.283 e. The van der Waals surface area contributed by atoms with Crippen LogP contribution in [-0.4, -0.2) is 43.8 Å². The predicted molar refractivity (Wildman–Crippen MR) is 114 cm³/mol. The van der Waals surface area contributed by atoms with Crippen LogP contribution < -0.4 is 19.0 Å². The number of nitrogens with zero attached hydrogens (tertiary/aromatic N) is 2. The minimum atomic E-state index is -0.368. The minimum absolute atomic E-state index is 0.368. The second-order valence-corrected chi connectivity index (χ2v) is 7.82. The van der Waals surface area contributed by atoms with Gasteiger partial charge >= 0.3 is 0 Å². The third kappa shape index (κ3) is 4.02. The first-order chi connectivity index (χ1) is 13.6. The molecule has 0 N–H and O–H groups in total. The number of fused-ring (bicyclic) bond motifs is 1. The quantitative estimate of drug-likeness (QED) is 0.584. The Morgan fingerprint density at radius 2 is 1.96 bits per heavy atom. The van der Waals surface area contributed by atoms with Crippen LogP contribution in [-0.2, 0) is 6.54 Å². The van der Waals surface area contributed by atoms with E-state index in [1.165, 1.54) is 18.4 Å². The largest absolute Gasteiger partial charge is 0.497 e. The van der Waals surface area contributed by atoms with Crippen LogP contribution in [0.3, 0.4) is 0 Å². The number of thioether (sulfide) groups is 1. The lowest BCUT2D eigenvalue weighted by atomic mass is 10.2. The summed E-state index contributed by atoms with van der Waals surface area (Å²) in [5.41, 5.74) is 1.37. The van der Waals surface area contributed by atoms with Crippen molar-refractivity contribution in [3.05, 3.63) is 46.8 Å². The van der Waals surface area contributed by atoms with Gasteiger partial charge < -0.3 is 18.8 Å². The number of thiazole rings is 1. The van der Waals surface area contributed by atoms with E-state index in [4.69, 9.17) is 14.2 Å². The van der Waals surface area contributed by atoms with Gasteiger partial charge in [-0.25, -0.2) is 0 Å². The molecule has 0 fully saturated rings. The normalized spacial score (nSPS) is 11.6. The Labute approximate surface area is 171 Å². The van der Waals surface area contributed by atoms with Gasteiger partial charge in [0.15, 0.2) is 16.3 Å². The highest BCUT2D eigenvalue weighted by Gasteiger charge is 2.17. The van der Waals surface area contributed by atoms with Crippen molar-refractivity contribution in [3.63, 3.8) is 0 Å². The second-order valence-electron chi connectivity index (χ2n) is 5.82. The zero-order valence-corrected chi connectivity index (χ0v) is 17.9. The topological polar surface area (TPSA) is 62.1 Å². The fraction of sp³-hybridized carbons (Fsp3) is 0.300. The van der Waals surface area contributed by atoms with E-state index in [9.17, 15) is 4.79 Å². The van der Waals surface area contributed by atoms with Crippen molar-refractivity contribution in [1.82, 2.24) is 4.57 Å². The van der Waals surface area contributed by atoms with E-state index >= 15 is 0 Å². The van der Waals surface area contributed by atoms with E-state index in [2.05, 4.69) is 15.8 Å². The molecular formula is C20H22N2O4S2. The number of carbonyl (C=O) groups excluding carboxylic acids is 1. The molecule has 6 nitrogen and oxygen atoms in total. The Morgan fingerprint density at radius 1 is 1.14 bits per heavy atom. The maximum Gasteiger partial charge on any atom is 0.283 e. The molecule has 1 aromatic heterocycles. The van der Waals surface area contributed by atoms with E-state index in [0.29, 0.717) is 21.9 Å². The zero-order chi connectivity index (χ0) is 20.1. The molecule has 1 heterocycles. The molecule has 0 saturated heterocycles. The van der Waals surface area contributed by atoms with Gasteiger partial charge in [-0.2, -0.15) is 16.8 Å². The summed E-state index contributed by atoms with van der Waals surface area (Å²) in [5, 5.41) is 0. The van der Waals surface area contributed by atoms with E-state index in [1.807, 2.05) is 18.2 Å². The first-order valence-corrected chi connectivity index (χ1v) is 10.8. The number of hydrogen-bond acceptors (Lipinski definition) is 6. The molecule has 0 saturated carbocycles. The minimum Gasteiger partial charge on any atom is -0.497 e. The highest BCUT2D eigenvalue weighted by Crippen LogP contribution is 2.31. The van der Waals surface area contributed by atoms with Crippen LogP contribution in [0.15, 0.2) is 41.4 Å². The third-order valence-electron chi connectivity index (χ3n) is 4.24. The van der Waals surface area contributed by atoms with Crippen molar-refractivity contribution < 1.29 is 19.0 Å². The Kier molecular flexibility index (Phi) is 6.64. The summed E-state index contributed by atoms with van der Waals surface area (Å²) < 4.78 is 19.1. The first kappa shape index (κ1) is 20.3. The van der Waals surface area contributed by atoms with Gasteiger partial charge in [0.05, 0.1) is 37.1 Å². The molecule has 0 spiro atoms. The van der Waals surface area contributed by atoms with Crippen molar-refractivity contribution in [2.75, 3.05) is 33.3 Å². The summed E-state index contributed by atoms with van der Waals surface area (Å²) in [6, 6.07) is 11.1. The van der Waals surface area contributed by atoms with Gasteiger partial charge in [0, 0.05) is 18.4 Å². The lowest BCUT2D eigenvalue weighted by Crippen LogP contribution is -2.18. The van der Waals surface area contributed by atoms with Gasteiger partial charge in [-0.15, -0.1) is 0 Å². The first-order valence-electron chi connectivity index (χ1n) is 8.59. The molecule has 0 unspecified atom stereocenters. The van der Waals surface area contributed by atoms with Crippen molar-refractivity contribution in [2.24, 2.45) is 4.99 Å². The van der Waals surface area contributed by atoms with Crippen molar-refractivity contribution in [3.8, 4) is 17.2 Å². The van der Waals surface area contributed by atoms with Crippen LogP contribution in [0.2, 0.25) is 0 Å². The molecular weight excluding hydrogens is 396 g/mol. The van der Waals surface area contributed by atoms with E-state index in [-0.39, 0.29) is 5.91 Å². The van der Waals surface area contributed by atoms with Gasteiger partial charge in [-0.3, -0.25) is 4.79 Å². The van der Waals surface area contributed by atoms with Gasteiger partial charge in [0.2, 0.25) is 0 Å². The molecule has 28 heavy (non-hydrogen) atoms. The van der Waals surface area contributed by atoms with E-state index in [1.54, 1.807) is 44.2 Å². The lowest BCUT2D eigenvalue weighted by molar-refractivity contribution is 0.0994. The number of methoxy groups -OCH3 is 3. The number of aromatic nitrogens is 1. The highest BCUT2D eigenvalue weighted by molar-refractivity contribution is 7.98. The third-order valence-corrected chi connectivity index (χ3v) is 5.89. The molecule has 0 aliphatic heterocycles. The van der Waals surface area contributed by atoms with Crippen LogP contribution in [0, 0.1) is 0 Å². The second kappa shape index (κ2) is 9.16. The van der Waals surface area contributed by atoms with Gasteiger partial charge in [-0.05, 0) is 30.5 Å². The Balaban J connectivity index is 2.14. The van der Waals surface area contributed by atoms with Gasteiger partial charge in [0.25, 0.3) is 5.91 Å². The number of para-hydroxylation sites is 1. The number of amides is 1. The standard InChI is InChI=1S/C20H22N2O4S2/c1-24-13-8-9-17-15(12-13)22(10-11-27-4)20(28-17)21-19(23)14-6-5-7-16(25-2)18(14)26-3/h5-9,12H,10-11H2,1-4H3. The van der Waals surface area contributed by atoms with Gasteiger partial charge in [-0.1, -0.05) is 17.4 Å². The number of ether oxygens (including phenoxy) is 3. The summed E-state index contributed by atoms with van der Waals surface area (Å²) in [4.78, 5) is 18.0. The Hall–Kier alpha value is -2.45. The molecule has 3 rings (SSSR count). The highest BCUT2D eigenvalue weighted by atomic mass is 32.2. The average molecular weight is 419 g/mol. The van der Waals surface area contributed by atoms with Gasteiger partial charge in [0.1, 0.15) is 5.75 Å². The van der Waals surface area contributed by atoms with Crippen LogP contribution in [0.5, 0.6) is 17.2 Å². The van der Waals surface area contributed by atoms with Crippen LogP contribution >= 0.6 is 23.1 Å². The fourth-order valence-corrected chi connectivity index (χ4v) is 4.26. The molecule has 0 bridgehead atoms. The molecule has 0 radical (unpaired) electrons. The summed E-state index contributed by atoms with van der Waals surface area (Å²) in [6.45, 7) is 0.746. The molecule has 3 aromatic rings. The number of hydrogen-bond donors (Lipinski definition) is 0. The Morgan fingerprint density at radius 3 is 2.64 bits per heavy atom. The summed E-state index contributed by atoms with van der Waals surface area (Å²) in [6.07, 6.45) is 2.05. The maximum absolute atomic E-state index is 12.9. The number of carbonyl (C=O) groups is 1. The van der Waals surface area contributed by atoms with Crippen molar-refractivity contribution in [2.45, 2.75) is 6.54 Å². The van der Waals surface area contributed by atoms with Crippen LogP contribution in [0.1, 0.15) is 10.4 Å². The molecule has 1 amide bonds. The molecule has 0 aliphatic carbocycles. The van der Waals surface area contributed by atoms with Crippen LogP contribution in [0.4, 0.5) is 0 Å². The number of aryl methyl sites for hydroxylation is 1. The maximum atomic E-state index is 12.9.